The first-order valence-electron chi connectivity index (χ1n) is 3.94. The predicted molar refractivity (Wildman–Crippen MR) is 41.6 cm³/mol. The van der Waals surface area contributed by atoms with Gasteiger partial charge in [-0.3, -0.25) is 0 Å². The van der Waals surface area contributed by atoms with E-state index < -0.39 is 0 Å². The van der Waals surface area contributed by atoms with Crippen LogP contribution >= 0.6 is 0 Å². The first kappa shape index (κ1) is 8.25. The molecule has 64 valence electrons. The molecule has 1 aliphatic carbocycles. The van der Waals surface area contributed by atoms with Crippen molar-refractivity contribution in [3.8, 4) is 0 Å². The maximum atomic E-state index is 5.30. The molecule has 12 heavy (non-hydrogen) atoms. The third kappa shape index (κ3) is 1.40. The molecule has 1 aromatic rings. The number of hydrogen-bond donors (Lipinski definition) is 0. The molecule has 1 aliphatic rings. The molecule has 0 saturated heterocycles. The van der Waals surface area contributed by atoms with E-state index in [1.807, 2.05) is 12.1 Å². The van der Waals surface area contributed by atoms with Crippen LogP contribution < -0.4 is 0 Å². The van der Waals surface area contributed by atoms with Crippen LogP contribution in [0.5, 0.6) is 0 Å². The van der Waals surface area contributed by atoms with Gasteiger partial charge >= 0.3 is 79.1 Å². The second-order valence-corrected chi connectivity index (χ2v) is 3.62. The summed E-state index contributed by atoms with van der Waals surface area (Å²) < 4.78 is 11.4. The summed E-state index contributed by atoms with van der Waals surface area (Å²) in [6, 6.07) is 3.95. The minimum absolute atomic E-state index is 0.529. The SMILES string of the molecule is CO[C](=[Cr])[C@@H]1C[C@H]1c1ccco1. The van der Waals surface area contributed by atoms with E-state index in [-0.39, 0.29) is 0 Å². The van der Waals surface area contributed by atoms with Crippen molar-refractivity contribution < 1.29 is 25.0 Å². The summed E-state index contributed by atoms with van der Waals surface area (Å²) in [5.74, 6) is 2.14. The Morgan fingerprint density at radius 2 is 2.58 bits per heavy atom. The molecule has 1 saturated carbocycles. The van der Waals surface area contributed by atoms with Crippen LogP contribution in [0.25, 0.3) is 0 Å². The fourth-order valence-corrected chi connectivity index (χ4v) is 1.83. The fourth-order valence-electron chi connectivity index (χ4n) is 1.42. The molecule has 1 aromatic heterocycles. The molecule has 0 spiro atoms. The van der Waals surface area contributed by atoms with Gasteiger partial charge in [0, 0.05) is 0 Å². The summed E-state index contributed by atoms with van der Waals surface area (Å²) in [4.78, 5) is 0. The number of hydrogen-bond acceptors (Lipinski definition) is 2. The zero-order valence-electron chi connectivity index (χ0n) is 6.82. The van der Waals surface area contributed by atoms with E-state index in [0.29, 0.717) is 11.8 Å². The number of ether oxygens (including phenoxy) is 1. The van der Waals surface area contributed by atoms with Gasteiger partial charge in [0.2, 0.25) is 0 Å². The summed E-state index contributed by atoms with van der Waals surface area (Å²) in [7, 11) is 1.70. The fraction of sp³-hybridized carbons (Fsp3) is 0.444. The molecule has 2 atom stereocenters. The second-order valence-electron chi connectivity index (χ2n) is 2.99. The number of furan rings is 1. The summed E-state index contributed by atoms with van der Waals surface area (Å²) in [6.45, 7) is 0. The Bertz CT molecular complexity index is 279. The van der Waals surface area contributed by atoms with Crippen LogP contribution in [0.2, 0.25) is 0 Å². The Morgan fingerprint density at radius 3 is 3.17 bits per heavy atom. The molecular weight excluding hydrogens is 192 g/mol. The van der Waals surface area contributed by atoms with Gasteiger partial charge in [-0.05, 0) is 0 Å². The minimum atomic E-state index is 0.529. The summed E-state index contributed by atoms with van der Waals surface area (Å²) in [6.07, 6.45) is 2.86. The maximum absolute atomic E-state index is 5.30. The molecular formula is C9H10CrO2. The van der Waals surface area contributed by atoms with Gasteiger partial charge in [0.15, 0.2) is 0 Å². The average Bonchev–Trinajstić information content (AvgIpc) is 2.71. The Hall–Kier alpha value is -0.358. The molecule has 0 aliphatic heterocycles. The second kappa shape index (κ2) is 3.18. The normalized spacial score (nSPS) is 27.1. The monoisotopic (exact) mass is 202 g/mol. The van der Waals surface area contributed by atoms with E-state index in [1.54, 1.807) is 13.4 Å². The van der Waals surface area contributed by atoms with Crippen molar-refractivity contribution in [2.24, 2.45) is 5.92 Å². The quantitative estimate of drug-likeness (QED) is 0.744. The molecule has 0 unspecified atom stereocenters. The van der Waals surface area contributed by atoms with E-state index in [4.69, 9.17) is 9.15 Å². The summed E-state index contributed by atoms with van der Waals surface area (Å²) in [5, 5.41) is 0. The van der Waals surface area contributed by atoms with Gasteiger partial charge in [-0.25, -0.2) is 0 Å². The standard InChI is InChI=1S/C9H10O2.Cr/c1-10-6-7-5-8(7)9-3-2-4-11-9;/h2-4,7-8H,5H2,1H3;/t7-,8+;/m0./s1. The van der Waals surface area contributed by atoms with Crippen LogP contribution in [0, 0.1) is 5.92 Å². The van der Waals surface area contributed by atoms with Gasteiger partial charge in [-0.1, -0.05) is 0 Å². The van der Waals surface area contributed by atoms with Crippen LogP contribution in [0.4, 0.5) is 0 Å². The zero-order valence-corrected chi connectivity index (χ0v) is 8.09. The average molecular weight is 202 g/mol. The van der Waals surface area contributed by atoms with E-state index in [9.17, 15) is 0 Å². The van der Waals surface area contributed by atoms with Gasteiger partial charge in [0.25, 0.3) is 0 Å². The van der Waals surface area contributed by atoms with Crippen molar-refractivity contribution in [2.75, 3.05) is 7.11 Å². The van der Waals surface area contributed by atoms with Crippen LogP contribution in [0.1, 0.15) is 18.1 Å². The molecule has 1 fully saturated rings. The Morgan fingerprint density at radius 1 is 1.75 bits per heavy atom. The topological polar surface area (TPSA) is 22.4 Å². The summed E-state index contributed by atoms with van der Waals surface area (Å²) in [5.41, 5.74) is 0. The molecule has 2 rings (SSSR count). The predicted octanol–water partition coefficient (Wildman–Crippen LogP) is 1.71. The molecule has 0 N–H and O–H groups in total. The first-order valence-corrected chi connectivity index (χ1v) is 4.58. The van der Waals surface area contributed by atoms with Crippen LogP contribution in [0.15, 0.2) is 22.8 Å². The number of rotatable bonds is 3. The first-order chi connectivity index (χ1) is 5.83. The van der Waals surface area contributed by atoms with E-state index in [1.165, 1.54) is 0 Å². The van der Waals surface area contributed by atoms with Gasteiger partial charge in [0.1, 0.15) is 0 Å². The third-order valence-electron chi connectivity index (χ3n) is 2.20. The Kier molecular flexibility index (Phi) is 2.19. The van der Waals surface area contributed by atoms with E-state index >= 15 is 0 Å². The molecule has 0 aromatic carbocycles. The van der Waals surface area contributed by atoms with E-state index in [0.717, 1.165) is 16.7 Å². The van der Waals surface area contributed by atoms with Gasteiger partial charge < -0.3 is 0 Å². The summed E-state index contributed by atoms with van der Waals surface area (Å²) >= 11 is 2.93. The third-order valence-corrected chi connectivity index (χ3v) is 2.94. The molecule has 0 radical (unpaired) electrons. The molecule has 0 amide bonds. The number of methoxy groups -OCH3 is 1. The Balaban J connectivity index is 2.01. The molecule has 2 nitrogen and oxygen atoms in total. The van der Waals surface area contributed by atoms with E-state index in [2.05, 4.69) is 15.9 Å². The van der Waals surface area contributed by atoms with Gasteiger partial charge in [-0.2, -0.15) is 0 Å². The van der Waals surface area contributed by atoms with Crippen LogP contribution in [-0.4, -0.2) is 11.7 Å². The Labute approximate surface area is 79.5 Å². The molecule has 0 bridgehead atoms. The van der Waals surface area contributed by atoms with Crippen molar-refractivity contribution >= 4 is 4.57 Å². The van der Waals surface area contributed by atoms with Crippen molar-refractivity contribution in [3.63, 3.8) is 0 Å². The zero-order chi connectivity index (χ0) is 8.55. The van der Waals surface area contributed by atoms with Crippen molar-refractivity contribution in [1.82, 2.24) is 0 Å². The van der Waals surface area contributed by atoms with Crippen molar-refractivity contribution in [1.29, 1.82) is 0 Å². The van der Waals surface area contributed by atoms with Crippen LogP contribution in [0.3, 0.4) is 0 Å². The van der Waals surface area contributed by atoms with Crippen LogP contribution in [-0.2, 0) is 20.6 Å². The van der Waals surface area contributed by atoms with Gasteiger partial charge in [0.05, 0.1) is 0 Å². The molecule has 1 heterocycles. The van der Waals surface area contributed by atoms with Crippen molar-refractivity contribution in [3.05, 3.63) is 24.2 Å². The molecule has 3 heteroatoms. The van der Waals surface area contributed by atoms with Crippen molar-refractivity contribution in [2.45, 2.75) is 12.3 Å². The van der Waals surface area contributed by atoms with Gasteiger partial charge in [-0.15, -0.1) is 0 Å².